The minimum Gasteiger partial charge on any atom is -0.497 e. The maximum Gasteiger partial charge on any atom is 0.241 e. The van der Waals surface area contributed by atoms with E-state index in [1.807, 2.05) is 24.3 Å². The first-order valence-corrected chi connectivity index (χ1v) is 11.5. The van der Waals surface area contributed by atoms with E-state index in [1.54, 1.807) is 13.3 Å². The molecule has 0 atom stereocenters. The predicted octanol–water partition coefficient (Wildman–Crippen LogP) is 5.55. The summed E-state index contributed by atoms with van der Waals surface area (Å²) in [6.45, 7) is 0.588. The monoisotopic (exact) mass is 623 g/mol. The predicted molar refractivity (Wildman–Crippen MR) is 138 cm³/mol. The number of hydrogen-bond acceptors (Lipinski definition) is 3. The molecule has 4 rings (SSSR count). The number of carbonyl (C=O) groups excluding carboxylic acids is 1. The Morgan fingerprint density at radius 1 is 1.00 bits per heavy atom. The number of ether oxygens (including phenoxy) is 1. The summed E-state index contributed by atoms with van der Waals surface area (Å²) in [5, 5.41) is 6.50. The number of rotatable bonds is 6. The molecule has 0 radical (unpaired) electrons. The van der Waals surface area contributed by atoms with E-state index in [0.717, 1.165) is 22.3 Å². The van der Waals surface area contributed by atoms with Gasteiger partial charge in [-0.05, 0) is 111 Å². The summed E-state index contributed by atoms with van der Waals surface area (Å²) in [7, 11) is 1.63. The number of amides is 1. The van der Waals surface area contributed by atoms with Crippen LogP contribution in [0.4, 0.5) is 0 Å². The van der Waals surface area contributed by atoms with E-state index in [2.05, 4.69) is 96.7 Å². The molecule has 0 saturated heterocycles. The van der Waals surface area contributed by atoms with E-state index < -0.39 is 0 Å². The summed E-state index contributed by atoms with van der Waals surface area (Å²) in [5.74, 6) is 0.664. The highest BCUT2D eigenvalue weighted by molar-refractivity contribution is 14.1. The van der Waals surface area contributed by atoms with Gasteiger partial charge in [0.1, 0.15) is 5.75 Å². The Morgan fingerprint density at radius 2 is 1.60 bits per heavy atom. The van der Waals surface area contributed by atoms with Crippen molar-refractivity contribution in [2.24, 2.45) is 5.10 Å². The number of halogens is 2. The highest BCUT2D eigenvalue weighted by Crippen LogP contribution is 2.31. The first-order chi connectivity index (χ1) is 14.5. The Bertz CT molecular complexity index is 1190. The Hall–Kier alpha value is -2.14. The van der Waals surface area contributed by atoms with Crippen LogP contribution in [0.3, 0.4) is 0 Å². The molecule has 0 aliphatic heterocycles. The van der Waals surface area contributed by atoms with Crippen LogP contribution >= 0.6 is 45.2 Å². The largest absolute Gasteiger partial charge is 0.497 e. The number of hydrogen-bond donors (Lipinski definition) is 1. The minimum absolute atomic E-state index is 0.120. The van der Waals surface area contributed by atoms with Crippen molar-refractivity contribution in [3.63, 3.8) is 0 Å². The van der Waals surface area contributed by atoms with Gasteiger partial charge in [-0.15, -0.1) is 0 Å². The fourth-order valence-electron chi connectivity index (χ4n) is 3.43. The van der Waals surface area contributed by atoms with Crippen molar-refractivity contribution in [2.75, 3.05) is 7.11 Å². The Kier molecular flexibility index (Phi) is 6.57. The number of fused-ring (bicyclic) bond motifs is 3. The molecule has 0 aliphatic rings. The van der Waals surface area contributed by atoms with Gasteiger partial charge in [0.25, 0.3) is 0 Å². The Balaban J connectivity index is 1.48. The lowest BCUT2D eigenvalue weighted by atomic mass is 10.2. The summed E-state index contributed by atoms with van der Waals surface area (Å²) in [6, 6.07) is 20.3. The van der Waals surface area contributed by atoms with Crippen LogP contribution in [-0.2, 0) is 11.3 Å². The number of hydrazone groups is 1. The zero-order chi connectivity index (χ0) is 21.1. The third-order valence-corrected chi connectivity index (χ3v) is 6.21. The van der Waals surface area contributed by atoms with Crippen LogP contribution in [-0.4, -0.2) is 23.8 Å². The topological polar surface area (TPSA) is 55.6 Å². The molecule has 0 unspecified atom stereocenters. The number of aryl methyl sites for hydroxylation is 1. The second-order valence-corrected chi connectivity index (χ2v) is 9.28. The minimum atomic E-state index is -0.120. The lowest BCUT2D eigenvalue weighted by Crippen LogP contribution is -2.19. The van der Waals surface area contributed by atoms with Gasteiger partial charge in [-0.1, -0.05) is 0 Å². The molecule has 1 N–H and O–H groups in total. The van der Waals surface area contributed by atoms with Crippen LogP contribution in [0, 0.1) is 7.14 Å². The van der Waals surface area contributed by atoms with Crippen molar-refractivity contribution in [3.8, 4) is 5.75 Å². The lowest BCUT2D eigenvalue weighted by molar-refractivity contribution is -0.121. The molecule has 5 nitrogen and oxygen atoms in total. The molecule has 7 heteroatoms. The SMILES string of the molecule is COc1ccc(/C=N\NC(=O)CCn2c3ccc(I)cc3c3cc(I)ccc32)cc1. The highest BCUT2D eigenvalue weighted by atomic mass is 127. The number of carbonyl (C=O) groups is 1. The Morgan fingerprint density at radius 3 is 2.17 bits per heavy atom. The molecule has 1 amide bonds. The van der Waals surface area contributed by atoms with Crippen LogP contribution in [0.2, 0.25) is 0 Å². The van der Waals surface area contributed by atoms with Gasteiger partial charge in [0.05, 0.1) is 13.3 Å². The van der Waals surface area contributed by atoms with Gasteiger partial charge in [-0.3, -0.25) is 4.79 Å². The molecule has 1 heterocycles. The third-order valence-electron chi connectivity index (χ3n) is 4.87. The number of nitrogens with zero attached hydrogens (tertiary/aromatic N) is 2. The molecule has 0 aliphatic carbocycles. The van der Waals surface area contributed by atoms with Crippen LogP contribution in [0.5, 0.6) is 5.75 Å². The second kappa shape index (κ2) is 9.34. The molecule has 0 fully saturated rings. The zero-order valence-electron chi connectivity index (χ0n) is 16.2. The van der Waals surface area contributed by atoms with E-state index >= 15 is 0 Å². The van der Waals surface area contributed by atoms with E-state index in [4.69, 9.17) is 4.74 Å². The summed E-state index contributed by atoms with van der Waals surface area (Å²) >= 11 is 4.67. The first kappa shape index (κ1) is 21.1. The van der Waals surface area contributed by atoms with Gasteiger partial charge in [-0.25, -0.2) is 5.43 Å². The van der Waals surface area contributed by atoms with Crippen molar-refractivity contribution in [1.82, 2.24) is 9.99 Å². The quantitative estimate of drug-likeness (QED) is 0.174. The molecule has 152 valence electrons. The van der Waals surface area contributed by atoms with Gasteiger partial charge >= 0.3 is 0 Å². The average Bonchev–Trinajstić information content (AvgIpc) is 3.05. The van der Waals surface area contributed by atoms with E-state index in [1.165, 1.54) is 17.9 Å². The summed E-state index contributed by atoms with van der Waals surface area (Å²) in [4.78, 5) is 12.3. The number of benzene rings is 3. The van der Waals surface area contributed by atoms with Crippen molar-refractivity contribution in [1.29, 1.82) is 0 Å². The fourth-order valence-corrected chi connectivity index (χ4v) is 4.41. The van der Waals surface area contributed by atoms with Crippen LogP contribution in [0.15, 0.2) is 65.8 Å². The van der Waals surface area contributed by atoms with Gasteiger partial charge in [0.2, 0.25) is 5.91 Å². The van der Waals surface area contributed by atoms with Gasteiger partial charge in [0, 0.05) is 41.9 Å². The summed E-state index contributed by atoms with van der Waals surface area (Å²) < 4.78 is 9.74. The van der Waals surface area contributed by atoms with Crippen molar-refractivity contribution >= 4 is 79.1 Å². The third kappa shape index (κ3) is 4.61. The maximum atomic E-state index is 12.3. The van der Waals surface area contributed by atoms with Crippen molar-refractivity contribution < 1.29 is 9.53 Å². The molecule has 3 aromatic carbocycles. The standard InChI is InChI=1S/C23H19I2N3O2/c1-30-18-6-2-15(3-7-18)14-26-27-23(29)10-11-28-21-8-4-16(24)12-19(21)20-13-17(25)5-9-22(20)28/h2-9,12-14H,10-11H2,1H3,(H,27,29)/b26-14-. The van der Waals surface area contributed by atoms with Crippen molar-refractivity contribution in [2.45, 2.75) is 13.0 Å². The molecule has 0 bridgehead atoms. The molecular formula is C23H19I2N3O2. The lowest BCUT2D eigenvalue weighted by Gasteiger charge is -2.07. The molecule has 0 saturated carbocycles. The van der Waals surface area contributed by atoms with E-state index in [-0.39, 0.29) is 5.91 Å². The van der Waals surface area contributed by atoms with Crippen LogP contribution in [0.1, 0.15) is 12.0 Å². The first-order valence-electron chi connectivity index (χ1n) is 9.38. The van der Waals surface area contributed by atoms with Gasteiger partial charge < -0.3 is 9.30 Å². The number of nitrogens with one attached hydrogen (secondary N) is 1. The molecule has 1 aromatic heterocycles. The summed E-state index contributed by atoms with van der Waals surface area (Å²) in [6.07, 6.45) is 1.97. The highest BCUT2D eigenvalue weighted by Gasteiger charge is 2.12. The van der Waals surface area contributed by atoms with Crippen LogP contribution in [0.25, 0.3) is 21.8 Å². The van der Waals surface area contributed by atoms with Gasteiger partial charge in [-0.2, -0.15) is 5.10 Å². The number of methoxy groups -OCH3 is 1. The van der Waals surface area contributed by atoms with E-state index in [0.29, 0.717) is 13.0 Å². The number of aromatic nitrogens is 1. The van der Waals surface area contributed by atoms with Crippen molar-refractivity contribution in [3.05, 3.63) is 73.4 Å². The Labute approximate surface area is 201 Å². The second-order valence-electron chi connectivity index (χ2n) is 6.79. The molecule has 0 spiro atoms. The summed E-state index contributed by atoms with van der Waals surface area (Å²) in [5.41, 5.74) is 5.79. The van der Waals surface area contributed by atoms with Crippen LogP contribution < -0.4 is 10.2 Å². The van der Waals surface area contributed by atoms with E-state index in [9.17, 15) is 4.79 Å². The average molecular weight is 623 g/mol. The molecule has 30 heavy (non-hydrogen) atoms. The molecule has 4 aromatic rings. The normalized spacial score (nSPS) is 11.4. The smallest absolute Gasteiger partial charge is 0.241 e. The maximum absolute atomic E-state index is 12.3. The zero-order valence-corrected chi connectivity index (χ0v) is 20.5. The molecular weight excluding hydrogens is 604 g/mol. The fraction of sp³-hybridized carbons (Fsp3) is 0.130. The van der Waals surface area contributed by atoms with Gasteiger partial charge in [0.15, 0.2) is 0 Å².